The monoisotopic (exact) mass is 881 g/mol. The minimum Gasteiger partial charge on any atom is -0.462 e. The van der Waals surface area contributed by atoms with Crippen molar-refractivity contribution in [3.8, 4) is 0 Å². The molecule has 0 rings (SSSR count). The summed E-state index contributed by atoms with van der Waals surface area (Å²) in [5.41, 5.74) is 0. The SMILES string of the molecule is CCCCC/C=C\C/C=C\C/C=C\CCCCCCCCC(=O)OCC(COC(=O)CCCCCCCCCCC)OC(=O)CCCCCCCCC/C=C\C/C=C\CCCCC. The maximum atomic E-state index is 12.8. The van der Waals surface area contributed by atoms with Gasteiger partial charge in [-0.2, -0.15) is 0 Å². The maximum absolute atomic E-state index is 12.8. The predicted octanol–water partition coefficient (Wildman–Crippen LogP) is 17.6. The van der Waals surface area contributed by atoms with Crippen LogP contribution >= 0.6 is 0 Å². The molecular formula is C57H100O6. The molecule has 6 heteroatoms. The summed E-state index contributed by atoms with van der Waals surface area (Å²) in [6.07, 6.45) is 63.4. The molecule has 0 aliphatic carbocycles. The molecule has 0 N–H and O–H groups in total. The van der Waals surface area contributed by atoms with Crippen molar-refractivity contribution in [1.29, 1.82) is 0 Å². The highest BCUT2D eigenvalue weighted by Gasteiger charge is 2.19. The van der Waals surface area contributed by atoms with Crippen LogP contribution < -0.4 is 0 Å². The van der Waals surface area contributed by atoms with E-state index in [0.717, 1.165) is 89.9 Å². The molecule has 1 atom stereocenters. The zero-order valence-electron chi connectivity index (χ0n) is 41.6. The third-order valence-electron chi connectivity index (χ3n) is 11.5. The lowest BCUT2D eigenvalue weighted by Crippen LogP contribution is -2.30. The Bertz CT molecular complexity index is 1150. The molecule has 0 radical (unpaired) electrons. The van der Waals surface area contributed by atoms with Gasteiger partial charge in [-0.25, -0.2) is 0 Å². The van der Waals surface area contributed by atoms with Crippen molar-refractivity contribution in [2.45, 2.75) is 271 Å². The predicted molar refractivity (Wildman–Crippen MR) is 270 cm³/mol. The van der Waals surface area contributed by atoms with Crippen LogP contribution in [0.4, 0.5) is 0 Å². The Morgan fingerprint density at radius 2 is 0.571 bits per heavy atom. The summed E-state index contributed by atoms with van der Waals surface area (Å²) in [6.45, 7) is 6.56. The number of esters is 3. The van der Waals surface area contributed by atoms with Crippen molar-refractivity contribution in [2.24, 2.45) is 0 Å². The number of allylic oxidation sites excluding steroid dienone is 10. The number of unbranched alkanes of at least 4 members (excludes halogenated alkanes) is 27. The molecule has 364 valence electrons. The van der Waals surface area contributed by atoms with Crippen LogP contribution in [0, 0.1) is 0 Å². The van der Waals surface area contributed by atoms with Gasteiger partial charge in [0.1, 0.15) is 13.2 Å². The molecule has 0 aromatic rings. The second kappa shape index (κ2) is 51.7. The first-order valence-electron chi connectivity index (χ1n) is 26.8. The first-order valence-corrected chi connectivity index (χ1v) is 26.8. The van der Waals surface area contributed by atoms with Gasteiger partial charge in [0.25, 0.3) is 0 Å². The van der Waals surface area contributed by atoms with Gasteiger partial charge in [-0.15, -0.1) is 0 Å². The Morgan fingerprint density at radius 1 is 0.317 bits per heavy atom. The quantitative estimate of drug-likeness (QED) is 0.0262. The van der Waals surface area contributed by atoms with Gasteiger partial charge in [0.15, 0.2) is 6.10 Å². The molecular weight excluding hydrogens is 781 g/mol. The first-order chi connectivity index (χ1) is 31.0. The van der Waals surface area contributed by atoms with Gasteiger partial charge in [-0.05, 0) is 89.9 Å². The zero-order valence-corrected chi connectivity index (χ0v) is 41.6. The number of hydrogen-bond acceptors (Lipinski definition) is 6. The van der Waals surface area contributed by atoms with E-state index in [1.54, 1.807) is 0 Å². The van der Waals surface area contributed by atoms with Gasteiger partial charge in [0.05, 0.1) is 0 Å². The van der Waals surface area contributed by atoms with Gasteiger partial charge >= 0.3 is 17.9 Å². The first kappa shape index (κ1) is 60.1. The molecule has 0 aliphatic heterocycles. The molecule has 0 saturated heterocycles. The van der Waals surface area contributed by atoms with E-state index in [1.807, 2.05) is 0 Å². The van der Waals surface area contributed by atoms with Crippen molar-refractivity contribution in [1.82, 2.24) is 0 Å². The average molecular weight is 881 g/mol. The minimum absolute atomic E-state index is 0.0804. The Kier molecular flexibility index (Phi) is 49.4. The Morgan fingerprint density at radius 3 is 0.921 bits per heavy atom. The fourth-order valence-corrected chi connectivity index (χ4v) is 7.42. The van der Waals surface area contributed by atoms with E-state index >= 15 is 0 Å². The molecule has 0 spiro atoms. The van der Waals surface area contributed by atoms with Gasteiger partial charge in [-0.1, -0.05) is 216 Å². The molecule has 1 unspecified atom stereocenters. The summed E-state index contributed by atoms with van der Waals surface area (Å²) in [6, 6.07) is 0. The highest BCUT2D eigenvalue weighted by atomic mass is 16.6. The Hall–Kier alpha value is -2.89. The normalized spacial score (nSPS) is 12.5. The molecule has 63 heavy (non-hydrogen) atoms. The molecule has 0 heterocycles. The Balaban J connectivity index is 4.34. The number of carbonyl (C=O) groups excluding carboxylic acids is 3. The van der Waals surface area contributed by atoms with Crippen LogP contribution in [0.25, 0.3) is 0 Å². The fourth-order valence-electron chi connectivity index (χ4n) is 7.42. The third kappa shape index (κ3) is 50.0. The molecule has 0 aliphatic rings. The van der Waals surface area contributed by atoms with Crippen LogP contribution in [-0.2, 0) is 28.6 Å². The third-order valence-corrected chi connectivity index (χ3v) is 11.5. The van der Waals surface area contributed by atoms with Crippen LogP contribution in [0.2, 0.25) is 0 Å². The van der Waals surface area contributed by atoms with Gasteiger partial charge in [0, 0.05) is 19.3 Å². The molecule has 0 saturated carbocycles. The van der Waals surface area contributed by atoms with E-state index in [4.69, 9.17) is 14.2 Å². The van der Waals surface area contributed by atoms with E-state index in [2.05, 4.69) is 81.5 Å². The summed E-state index contributed by atoms with van der Waals surface area (Å²) in [4.78, 5) is 37.9. The van der Waals surface area contributed by atoms with E-state index in [1.165, 1.54) is 135 Å². The summed E-state index contributed by atoms with van der Waals surface area (Å²) in [7, 11) is 0. The standard InChI is InChI=1S/C57H100O6/c1-4-7-10-13-16-19-21-23-25-27-28-30-31-33-35-38-41-44-47-50-56(59)62-53-54(52-61-55(58)49-46-43-40-37-18-15-12-9-6-3)63-57(60)51-48-45-42-39-36-34-32-29-26-24-22-20-17-14-11-8-5-2/h16-17,19-20,23-26,28,30,54H,4-15,18,21-22,27,29,31-53H2,1-3H3/b19-16-,20-17-,25-23-,26-24-,30-28-. The number of rotatable bonds is 48. The van der Waals surface area contributed by atoms with Crippen LogP contribution in [-0.4, -0.2) is 37.2 Å². The van der Waals surface area contributed by atoms with E-state index < -0.39 is 6.10 Å². The molecule has 0 aromatic heterocycles. The van der Waals surface area contributed by atoms with Crippen LogP contribution in [0.15, 0.2) is 60.8 Å². The average Bonchev–Trinajstić information content (AvgIpc) is 3.28. The second-order valence-corrected chi connectivity index (χ2v) is 17.8. The van der Waals surface area contributed by atoms with Gasteiger partial charge in [0.2, 0.25) is 0 Å². The van der Waals surface area contributed by atoms with E-state index in [-0.39, 0.29) is 31.1 Å². The van der Waals surface area contributed by atoms with E-state index in [9.17, 15) is 14.4 Å². The lowest BCUT2D eigenvalue weighted by atomic mass is 10.1. The molecule has 0 aromatic carbocycles. The zero-order chi connectivity index (χ0) is 45.8. The lowest BCUT2D eigenvalue weighted by molar-refractivity contribution is -0.167. The number of carbonyl (C=O) groups is 3. The number of ether oxygens (including phenoxy) is 3. The van der Waals surface area contributed by atoms with E-state index in [0.29, 0.717) is 19.3 Å². The van der Waals surface area contributed by atoms with Gasteiger partial charge in [-0.3, -0.25) is 14.4 Å². The molecule has 0 amide bonds. The van der Waals surface area contributed by atoms with Crippen LogP contribution in [0.1, 0.15) is 265 Å². The van der Waals surface area contributed by atoms with Gasteiger partial charge < -0.3 is 14.2 Å². The Labute approximate surface area is 390 Å². The topological polar surface area (TPSA) is 78.9 Å². The minimum atomic E-state index is -0.781. The summed E-state index contributed by atoms with van der Waals surface area (Å²) < 4.78 is 16.8. The molecule has 0 fully saturated rings. The summed E-state index contributed by atoms with van der Waals surface area (Å²) >= 11 is 0. The number of hydrogen-bond donors (Lipinski definition) is 0. The highest BCUT2D eigenvalue weighted by Crippen LogP contribution is 2.14. The van der Waals surface area contributed by atoms with Crippen molar-refractivity contribution >= 4 is 17.9 Å². The molecule has 0 bridgehead atoms. The largest absolute Gasteiger partial charge is 0.462 e. The van der Waals surface area contributed by atoms with Crippen molar-refractivity contribution in [2.75, 3.05) is 13.2 Å². The fraction of sp³-hybridized carbons (Fsp3) is 0.772. The smallest absolute Gasteiger partial charge is 0.306 e. The van der Waals surface area contributed by atoms with Crippen molar-refractivity contribution in [3.05, 3.63) is 60.8 Å². The van der Waals surface area contributed by atoms with Crippen molar-refractivity contribution in [3.63, 3.8) is 0 Å². The summed E-state index contributed by atoms with van der Waals surface area (Å²) in [5, 5.41) is 0. The maximum Gasteiger partial charge on any atom is 0.306 e. The summed E-state index contributed by atoms with van der Waals surface area (Å²) in [5.74, 6) is -0.898. The molecule has 6 nitrogen and oxygen atoms in total. The van der Waals surface area contributed by atoms with Crippen LogP contribution in [0.3, 0.4) is 0 Å². The van der Waals surface area contributed by atoms with Crippen LogP contribution in [0.5, 0.6) is 0 Å². The highest BCUT2D eigenvalue weighted by molar-refractivity contribution is 5.71. The lowest BCUT2D eigenvalue weighted by Gasteiger charge is -2.18. The van der Waals surface area contributed by atoms with Crippen molar-refractivity contribution < 1.29 is 28.6 Å². The second-order valence-electron chi connectivity index (χ2n) is 17.8.